The summed E-state index contributed by atoms with van der Waals surface area (Å²) in [6.07, 6.45) is 0. The molecule has 0 bridgehead atoms. The molecule has 14 rings (SSSR count). The minimum Gasteiger partial charge on any atom is -0.456 e. The number of furan rings is 1. The standard InChI is InChI=1S/C57H33NO/c1-2-15-36-32-54-45(29-35(36)14-1)43-27-25-37(33-53(43)59-54)38-30-46-40-17-5-6-20-44(40)55-39-16-4-3-13-34(39)26-28-52(55)58-51-24-12-11-23-49(51)57(50(31-38)56(46)58)47-21-9-7-18-41(47)42-19-8-10-22-48(42)57/h1-33H. The predicted molar refractivity (Wildman–Crippen MR) is 244 cm³/mol. The van der Waals surface area contributed by atoms with Gasteiger partial charge in [0.05, 0.1) is 22.5 Å². The lowest BCUT2D eigenvalue weighted by atomic mass is 9.63. The van der Waals surface area contributed by atoms with Crippen molar-refractivity contribution < 1.29 is 4.42 Å². The highest BCUT2D eigenvalue weighted by atomic mass is 16.3. The van der Waals surface area contributed by atoms with Gasteiger partial charge in [-0.1, -0.05) is 152 Å². The van der Waals surface area contributed by atoms with Crippen LogP contribution in [0.25, 0.3) is 88.0 Å². The van der Waals surface area contributed by atoms with Crippen LogP contribution in [0.3, 0.4) is 0 Å². The van der Waals surface area contributed by atoms with E-state index in [9.17, 15) is 0 Å². The van der Waals surface area contributed by atoms with Crippen LogP contribution in [0.4, 0.5) is 17.1 Å². The van der Waals surface area contributed by atoms with E-state index in [1.165, 1.54) is 94.2 Å². The molecule has 0 saturated carbocycles. The average Bonchev–Trinajstić information content (AvgIpc) is 3.76. The third kappa shape index (κ3) is 3.96. The fraction of sp³-hybridized carbons (Fsp3) is 0.0175. The number of anilines is 3. The predicted octanol–water partition coefficient (Wildman–Crippen LogP) is 15.4. The molecule has 10 aromatic carbocycles. The van der Waals surface area contributed by atoms with Crippen molar-refractivity contribution in [3.8, 4) is 44.5 Å². The van der Waals surface area contributed by atoms with Gasteiger partial charge in [0.1, 0.15) is 11.2 Å². The maximum absolute atomic E-state index is 6.70. The van der Waals surface area contributed by atoms with Crippen molar-refractivity contribution in [1.82, 2.24) is 0 Å². The van der Waals surface area contributed by atoms with Crippen LogP contribution in [0.1, 0.15) is 22.3 Å². The molecule has 2 aliphatic heterocycles. The van der Waals surface area contributed by atoms with Gasteiger partial charge in [0, 0.05) is 21.9 Å². The lowest BCUT2D eigenvalue weighted by Crippen LogP contribution is -2.36. The maximum atomic E-state index is 6.70. The Kier molecular flexibility index (Phi) is 5.99. The van der Waals surface area contributed by atoms with Crippen molar-refractivity contribution >= 4 is 60.5 Å². The molecular formula is C57H33NO. The molecule has 0 radical (unpaired) electrons. The van der Waals surface area contributed by atoms with Crippen molar-refractivity contribution in [2.75, 3.05) is 4.90 Å². The molecule has 0 saturated heterocycles. The third-order valence-corrected chi connectivity index (χ3v) is 13.5. The van der Waals surface area contributed by atoms with Crippen LogP contribution >= 0.6 is 0 Å². The summed E-state index contributed by atoms with van der Waals surface area (Å²) in [6.45, 7) is 0. The molecule has 2 nitrogen and oxygen atoms in total. The summed E-state index contributed by atoms with van der Waals surface area (Å²) < 4.78 is 6.70. The van der Waals surface area contributed by atoms with Crippen LogP contribution in [0.15, 0.2) is 205 Å². The summed E-state index contributed by atoms with van der Waals surface area (Å²) in [7, 11) is 0. The fourth-order valence-corrected chi connectivity index (χ4v) is 11.2. The van der Waals surface area contributed by atoms with Gasteiger partial charge in [0.2, 0.25) is 0 Å². The number of para-hydroxylation sites is 1. The molecule has 59 heavy (non-hydrogen) atoms. The van der Waals surface area contributed by atoms with E-state index in [1.807, 2.05) is 0 Å². The van der Waals surface area contributed by atoms with E-state index < -0.39 is 5.41 Å². The summed E-state index contributed by atoms with van der Waals surface area (Å²) in [4.78, 5) is 2.59. The van der Waals surface area contributed by atoms with Gasteiger partial charge in [0.15, 0.2) is 0 Å². The summed E-state index contributed by atoms with van der Waals surface area (Å²) in [5.74, 6) is 0. The molecule has 1 spiro atoms. The van der Waals surface area contributed by atoms with Gasteiger partial charge in [-0.05, 0) is 126 Å². The number of rotatable bonds is 1. The SMILES string of the molecule is c1ccc2c(c1)-c1cc(-c3ccc4c(c3)oc3cc5ccccc5cc34)cc3c1N(c1ccccc1C31c3ccccc3-c3ccccc31)c1ccc3ccccc3c1-2. The van der Waals surface area contributed by atoms with E-state index in [2.05, 4.69) is 205 Å². The Morgan fingerprint density at radius 1 is 0.339 bits per heavy atom. The zero-order chi connectivity index (χ0) is 38.4. The first kappa shape index (κ1) is 31.4. The Bertz CT molecular complexity index is 3600. The number of hydrogen-bond acceptors (Lipinski definition) is 2. The average molecular weight is 748 g/mol. The second-order valence-electron chi connectivity index (χ2n) is 16.3. The largest absolute Gasteiger partial charge is 0.456 e. The minimum absolute atomic E-state index is 0.569. The molecule has 1 aromatic heterocycles. The van der Waals surface area contributed by atoms with E-state index in [1.54, 1.807) is 0 Å². The zero-order valence-electron chi connectivity index (χ0n) is 31.9. The van der Waals surface area contributed by atoms with E-state index in [0.717, 1.165) is 33.1 Å². The van der Waals surface area contributed by atoms with Crippen LogP contribution < -0.4 is 4.90 Å². The summed E-state index contributed by atoms with van der Waals surface area (Å²) in [6, 6.07) is 74.7. The van der Waals surface area contributed by atoms with Gasteiger partial charge in [-0.2, -0.15) is 0 Å². The van der Waals surface area contributed by atoms with Gasteiger partial charge >= 0.3 is 0 Å². The molecule has 0 amide bonds. The summed E-state index contributed by atoms with van der Waals surface area (Å²) >= 11 is 0. The first-order valence-electron chi connectivity index (χ1n) is 20.5. The van der Waals surface area contributed by atoms with Gasteiger partial charge < -0.3 is 9.32 Å². The van der Waals surface area contributed by atoms with E-state index in [0.29, 0.717) is 0 Å². The molecule has 11 aromatic rings. The first-order valence-corrected chi connectivity index (χ1v) is 20.5. The third-order valence-electron chi connectivity index (χ3n) is 13.5. The number of hydrogen-bond donors (Lipinski definition) is 0. The van der Waals surface area contributed by atoms with Crippen molar-refractivity contribution in [3.63, 3.8) is 0 Å². The number of nitrogens with zero attached hydrogens (tertiary/aromatic N) is 1. The van der Waals surface area contributed by atoms with Crippen LogP contribution in [0.2, 0.25) is 0 Å². The second kappa shape index (κ2) is 11.2. The lowest BCUT2D eigenvalue weighted by Gasteiger charge is -2.46. The van der Waals surface area contributed by atoms with Crippen molar-refractivity contribution in [2.24, 2.45) is 0 Å². The van der Waals surface area contributed by atoms with Crippen LogP contribution in [-0.4, -0.2) is 0 Å². The first-order chi connectivity index (χ1) is 29.3. The second-order valence-corrected chi connectivity index (χ2v) is 16.3. The zero-order valence-corrected chi connectivity index (χ0v) is 31.9. The molecule has 3 heterocycles. The van der Waals surface area contributed by atoms with Crippen molar-refractivity contribution in [3.05, 3.63) is 222 Å². The Hall–Kier alpha value is -7.68. The number of benzene rings is 10. The normalized spacial score (nSPS) is 13.9. The van der Waals surface area contributed by atoms with E-state index in [4.69, 9.17) is 4.42 Å². The Labute approximate surface area is 340 Å². The smallest absolute Gasteiger partial charge is 0.136 e. The molecule has 3 aliphatic rings. The van der Waals surface area contributed by atoms with Crippen molar-refractivity contribution in [1.29, 1.82) is 0 Å². The van der Waals surface area contributed by atoms with Gasteiger partial charge in [-0.3, -0.25) is 0 Å². The number of fused-ring (bicyclic) bond motifs is 20. The van der Waals surface area contributed by atoms with Crippen LogP contribution in [0.5, 0.6) is 0 Å². The van der Waals surface area contributed by atoms with Gasteiger partial charge in [-0.15, -0.1) is 0 Å². The highest BCUT2D eigenvalue weighted by Gasteiger charge is 2.53. The van der Waals surface area contributed by atoms with E-state index in [-0.39, 0.29) is 0 Å². The maximum Gasteiger partial charge on any atom is 0.136 e. The van der Waals surface area contributed by atoms with Gasteiger partial charge in [-0.25, -0.2) is 0 Å². The van der Waals surface area contributed by atoms with Crippen LogP contribution in [-0.2, 0) is 5.41 Å². The monoisotopic (exact) mass is 747 g/mol. The van der Waals surface area contributed by atoms with Gasteiger partial charge in [0.25, 0.3) is 0 Å². The topological polar surface area (TPSA) is 16.4 Å². The quantitative estimate of drug-likeness (QED) is 0.166. The van der Waals surface area contributed by atoms with Crippen molar-refractivity contribution in [2.45, 2.75) is 5.41 Å². The lowest BCUT2D eigenvalue weighted by molar-refractivity contribution is 0.669. The Balaban J connectivity index is 1.15. The Morgan fingerprint density at radius 2 is 0.966 bits per heavy atom. The molecule has 0 N–H and O–H groups in total. The molecular weight excluding hydrogens is 715 g/mol. The summed E-state index contributed by atoms with van der Waals surface area (Å²) in [5.41, 5.74) is 19.9. The molecule has 0 fully saturated rings. The molecule has 0 atom stereocenters. The fourth-order valence-electron chi connectivity index (χ4n) is 11.2. The minimum atomic E-state index is -0.569. The highest BCUT2D eigenvalue weighted by Crippen LogP contribution is 2.67. The molecule has 0 unspecified atom stereocenters. The summed E-state index contributed by atoms with van der Waals surface area (Å²) in [5, 5.41) is 7.17. The molecule has 2 heteroatoms. The van der Waals surface area contributed by atoms with Crippen LogP contribution in [0, 0.1) is 0 Å². The molecule has 272 valence electrons. The molecule has 1 aliphatic carbocycles. The highest BCUT2D eigenvalue weighted by molar-refractivity contribution is 6.15. The van der Waals surface area contributed by atoms with E-state index >= 15 is 0 Å². The Morgan fingerprint density at radius 3 is 1.76 bits per heavy atom.